The van der Waals surface area contributed by atoms with Gasteiger partial charge in [0, 0.05) is 12.1 Å². The molecule has 1 aliphatic heterocycles. The van der Waals surface area contributed by atoms with E-state index in [0.717, 1.165) is 49.3 Å². The van der Waals surface area contributed by atoms with E-state index in [2.05, 4.69) is 46.8 Å². The number of imidazole rings is 1. The van der Waals surface area contributed by atoms with Crippen LogP contribution in [0, 0.1) is 11.3 Å². The average Bonchev–Trinajstić information content (AvgIpc) is 2.87. The summed E-state index contributed by atoms with van der Waals surface area (Å²) in [5, 5.41) is 9.24. The first-order valence-corrected chi connectivity index (χ1v) is 7.42. The SMILES string of the molecule is CCCc1ccc(-c2nc(C#N)c3n2CCCC3)cc1. The average molecular weight is 265 g/mol. The van der Waals surface area contributed by atoms with Crippen molar-refractivity contribution in [3.8, 4) is 17.5 Å². The first kappa shape index (κ1) is 12.9. The molecule has 2 aromatic rings. The lowest BCUT2D eigenvalue weighted by Crippen LogP contribution is -2.11. The minimum absolute atomic E-state index is 0.609. The van der Waals surface area contributed by atoms with Gasteiger partial charge in [-0.25, -0.2) is 4.98 Å². The summed E-state index contributed by atoms with van der Waals surface area (Å²) < 4.78 is 2.23. The maximum atomic E-state index is 9.24. The molecule has 0 bridgehead atoms. The molecule has 20 heavy (non-hydrogen) atoms. The van der Waals surface area contributed by atoms with Gasteiger partial charge in [-0.05, 0) is 31.2 Å². The quantitative estimate of drug-likeness (QED) is 0.849. The van der Waals surface area contributed by atoms with Crippen molar-refractivity contribution in [1.82, 2.24) is 9.55 Å². The zero-order chi connectivity index (χ0) is 13.9. The van der Waals surface area contributed by atoms with Gasteiger partial charge in [-0.3, -0.25) is 0 Å². The van der Waals surface area contributed by atoms with Crippen molar-refractivity contribution in [3.63, 3.8) is 0 Å². The number of nitriles is 1. The maximum absolute atomic E-state index is 9.24. The minimum Gasteiger partial charge on any atom is -0.327 e. The van der Waals surface area contributed by atoms with E-state index >= 15 is 0 Å². The maximum Gasteiger partial charge on any atom is 0.162 e. The molecule has 0 saturated heterocycles. The molecule has 3 rings (SSSR count). The molecule has 0 unspecified atom stereocenters. The van der Waals surface area contributed by atoms with Gasteiger partial charge in [-0.2, -0.15) is 5.26 Å². The molecule has 3 nitrogen and oxygen atoms in total. The molecule has 0 atom stereocenters. The van der Waals surface area contributed by atoms with E-state index < -0.39 is 0 Å². The van der Waals surface area contributed by atoms with Crippen molar-refractivity contribution < 1.29 is 0 Å². The molecule has 0 aliphatic carbocycles. The molecule has 3 heteroatoms. The fourth-order valence-electron chi connectivity index (χ4n) is 2.96. The van der Waals surface area contributed by atoms with Crippen LogP contribution in [0.15, 0.2) is 24.3 Å². The first-order valence-electron chi connectivity index (χ1n) is 7.42. The lowest BCUT2D eigenvalue weighted by atomic mass is 10.1. The standard InChI is InChI=1S/C17H19N3/c1-2-5-13-7-9-14(10-8-13)17-19-15(12-18)16-6-3-4-11-20(16)17/h7-10H,2-6,11H2,1H3. The van der Waals surface area contributed by atoms with Crippen molar-refractivity contribution >= 4 is 0 Å². The van der Waals surface area contributed by atoms with Crippen molar-refractivity contribution in [2.75, 3.05) is 0 Å². The second kappa shape index (κ2) is 5.50. The third kappa shape index (κ3) is 2.22. The third-order valence-electron chi connectivity index (χ3n) is 3.97. The summed E-state index contributed by atoms with van der Waals surface area (Å²) in [6.45, 7) is 3.17. The predicted molar refractivity (Wildman–Crippen MR) is 79.3 cm³/mol. The summed E-state index contributed by atoms with van der Waals surface area (Å²) in [7, 11) is 0. The second-order valence-corrected chi connectivity index (χ2v) is 5.40. The van der Waals surface area contributed by atoms with Crippen LogP contribution in [0.5, 0.6) is 0 Å². The summed E-state index contributed by atoms with van der Waals surface area (Å²) in [6, 6.07) is 10.9. The summed E-state index contributed by atoms with van der Waals surface area (Å²) in [5.74, 6) is 0.958. The summed E-state index contributed by atoms with van der Waals surface area (Å²) >= 11 is 0. The Hall–Kier alpha value is -2.08. The minimum atomic E-state index is 0.609. The molecule has 0 spiro atoms. The Morgan fingerprint density at radius 2 is 2.05 bits per heavy atom. The van der Waals surface area contributed by atoms with Crippen molar-refractivity contribution in [2.45, 2.75) is 45.6 Å². The molecule has 2 heterocycles. The largest absolute Gasteiger partial charge is 0.327 e. The molecular weight excluding hydrogens is 246 g/mol. The van der Waals surface area contributed by atoms with Crippen molar-refractivity contribution in [3.05, 3.63) is 41.2 Å². The normalized spacial score (nSPS) is 13.8. The fraction of sp³-hybridized carbons (Fsp3) is 0.412. The molecular formula is C17H19N3. The zero-order valence-corrected chi connectivity index (χ0v) is 11.9. The number of rotatable bonds is 3. The topological polar surface area (TPSA) is 41.6 Å². The van der Waals surface area contributed by atoms with Gasteiger partial charge < -0.3 is 4.57 Å². The van der Waals surface area contributed by atoms with Crippen LogP contribution in [0.2, 0.25) is 0 Å². The van der Waals surface area contributed by atoms with Gasteiger partial charge in [0.05, 0.1) is 5.69 Å². The molecule has 1 aromatic carbocycles. The molecule has 0 fully saturated rings. The lowest BCUT2D eigenvalue weighted by Gasteiger charge is -2.16. The molecule has 0 N–H and O–H groups in total. The predicted octanol–water partition coefficient (Wildman–Crippen LogP) is 3.71. The van der Waals surface area contributed by atoms with Gasteiger partial charge in [0.1, 0.15) is 11.9 Å². The summed E-state index contributed by atoms with van der Waals surface area (Å²) in [4.78, 5) is 4.56. The van der Waals surface area contributed by atoms with Gasteiger partial charge in [-0.1, -0.05) is 37.6 Å². The van der Waals surface area contributed by atoms with Crippen LogP contribution < -0.4 is 0 Å². The zero-order valence-electron chi connectivity index (χ0n) is 11.9. The highest BCUT2D eigenvalue weighted by Crippen LogP contribution is 2.27. The number of aromatic nitrogens is 2. The Bertz CT molecular complexity index is 644. The Balaban J connectivity index is 2.01. The van der Waals surface area contributed by atoms with Crippen LogP contribution in [-0.4, -0.2) is 9.55 Å². The Morgan fingerprint density at radius 3 is 2.75 bits per heavy atom. The lowest BCUT2D eigenvalue weighted by molar-refractivity contribution is 0.535. The van der Waals surface area contributed by atoms with E-state index in [0.29, 0.717) is 5.69 Å². The smallest absolute Gasteiger partial charge is 0.162 e. The van der Waals surface area contributed by atoms with Crippen LogP contribution in [0.1, 0.15) is 43.1 Å². The Kier molecular flexibility index (Phi) is 3.56. The molecule has 0 radical (unpaired) electrons. The van der Waals surface area contributed by atoms with E-state index in [-0.39, 0.29) is 0 Å². The highest BCUT2D eigenvalue weighted by atomic mass is 15.1. The Morgan fingerprint density at radius 1 is 1.25 bits per heavy atom. The number of hydrogen-bond donors (Lipinski definition) is 0. The monoisotopic (exact) mass is 265 g/mol. The van der Waals surface area contributed by atoms with Crippen LogP contribution in [0.4, 0.5) is 0 Å². The molecule has 0 saturated carbocycles. The molecule has 0 amide bonds. The fourth-order valence-corrected chi connectivity index (χ4v) is 2.96. The highest BCUT2D eigenvalue weighted by Gasteiger charge is 2.20. The summed E-state index contributed by atoms with van der Waals surface area (Å²) in [6.07, 6.45) is 5.59. The number of aryl methyl sites for hydroxylation is 1. The van der Waals surface area contributed by atoms with Gasteiger partial charge in [0.2, 0.25) is 0 Å². The number of hydrogen-bond acceptors (Lipinski definition) is 2. The summed E-state index contributed by atoms with van der Waals surface area (Å²) in [5.41, 5.74) is 4.21. The first-order chi connectivity index (χ1) is 9.83. The third-order valence-corrected chi connectivity index (χ3v) is 3.97. The van der Waals surface area contributed by atoms with Crippen LogP contribution >= 0.6 is 0 Å². The van der Waals surface area contributed by atoms with Gasteiger partial charge >= 0.3 is 0 Å². The highest BCUT2D eigenvalue weighted by molar-refractivity contribution is 5.59. The van der Waals surface area contributed by atoms with Gasteiger partial charge in [0.25, 0.3) is 0 Å². The number of nitrogens with zero attached hydrogens (tertiary/aromatic N) is 3. The Labute approximate surface area is 119 Å². The molecule has 1 aliphatic rings. The van der Waals surface area contributed by atoms with E-state index in [1.807, 2.05) is 0 Å². The van der Waals surface area contributed by atoms with E-state index in [1.54, 1.807) is 0 Å². The van der Waals surface area contributed by atoms with Crippen LogP contribution in [0.25, 0.3) is 11.4 Å². The van der Waals surface area contributed by atoms with E-state index in [9.17, 15) is 5.26 Å². The number of benzene rings is 1. The molecule has 102 valence electrons. The molecule has 1 aromatic heterocycles. The van der Waals surface area contributed by atoms with Crippen LogP contribution in [-0.2, 0) is 19.4 Å². The van der Waals surface area contributed by atoms with E-state index in [4.69, 9.17) is 0 Å². The van der Waals surface area contributed by atoms with Gasteiger partial charge in [-0.15, -0.1) is 0 Å². The number of fused-ring (bicyclic) bond motifs is 1. The van der Waals surface area contributed by atoms with Gasteiger partial charge in [0.15, 0.2) is 5.69 Å². The van der Waals surface area contributed by atoms with Crippen molar-refractivity contribution in [1.29, 1.82) is 5.26 Å². The van der Waals surface area contributed by atoms with Crippen molar-refractivity contribution in [2.24, 2.45) is 0 Å². The second-order valence-electron chi connectivity index (χ2n) is 5.40. The van der Waals surface area contributed by atoms with E-state index in [1.165, 1.54) is 12.0 Å². The van der Waals surface area contributed by atoms with Crippen LogP contribution in [0.3, 0.4) is 0 Å².